The number of carbonyl (C=O) groups is 1. The number of rotatable bonds is 4. The van der Waals surface area contributed by atoms with Crippen LogP contribution in [-0.2, 0) is 16.9 Å². The standard InChI is InChI=1S/C22H20ClF4N5O/c1-22(2)21-30-19(13-9-14(25)18(27)16(23)17(13)26)20(29-12-5-3-11(24)4-6-12)31(21)7-8-32(22)15(33)10-28/h3-6,9,29H,7-8,10,28H2,1-2H3. The van der Waals surface area contributed by atoms with E-state index >= 15 is 0 Å². The van der Waals surface area contributed by atoms with Crippen LogP contribution in [0.2, 0.25) is 5.02 Å². The number of nitrogens with zero attached hydrogens (tertiary/aromatic N) is 3. The second-order valence-electron chi connectivity index (χ2n) is 8.07. The number of fused-ring (bicyclic) bond motifs is 1. The van der Waals surface area contributed by atoms with Crippen LogP contribution >= 0.6 is 11.6 Å². The molecule has 6 nitrogen and oxygen atoms in total. The second kappa shape index (κ2) is 8.35. The molecule has 1 aromatic heterocycles. The molecule has 0 atom stereocenters. The van der Waals surface area contributed by atoms with Gasteiger partial charge < -0.3 is 20.5 Å². The minimum absolute atomic E-state index is 0.0391. The van der Waals surface area contributed by atoms with Gasteiger partial charge in [0.15, 0.2) is 17.5 Å². The van der Waals surface area contributed by atoms with Gasteiger partial charge in [-0.25, -0.2) is 22.5 Å². The smallest absolute Gasteiger partial charge is 0.237 e. The molecule has 0 fully saturated rings. The highest BCUT2D eigenvalue weighted by Crippen LogP contribution is 2.41. The van der Waals surface area contributed by atoms with Gasteiger partial charge in [-0.1, -0.05) is 11.6 Å². The molecule has 3 aromatic rings. The molecule has 3 N–H and O–H groups in total. The monoisotopic (exact) mass is 481 g/mol. The van der Waals surface area contributed by atoms with E-state index in [1.54, 1.807) is 23.3 Å². The molecule has 0 unspecified atom stereocenters. The van der Waals surface area contributed by atoms with E-state index in [0.29, 0.717) is 17.6 Å². The van der Waals surface area contributed by atoms with E-state index in [1.165, 1.54) is 24.3 Å². The van der Waals surface area contributed by atoms with E-state index < -0.39 is 33.8 Å². The Bertz CT molecular complexity index is 1240. The van der Waals surface area contributed by atoms with Crippen LogP contribution in [0.3, 0.4) is 0 Å². The third kappa shape index (κ3) is 3.83. The molecule has 1 amide bonds. The lowest BCUT2D eigenvalue weighted by molar-refractivity contribution is -0.137. The first-order chi connectivity index (χ1) is 15.6. The van der Waals surface area contributed by atoms with Crippen LogP contribution in [0.25, 0.3) is 11.3 Å². The Morgan fingerprint density at radius 1 is 1.15 bits per heavy atom. The van der Waals surface area contributed by atoms with Crippen molar-refractivity contribution in [3.05, 3.63) is 64.4 Å². The summed E-state index contributed by atoms with van der Waals surface area (Å²) in [4.78, 5) is 18.5. The van der Waals surface area contributed by atoms with Crippen LogP contribution in [0.1, 0.15) is 19.7 Å². The zero-order valence-electron chi connectivity index (χ0n) is 17.7. The molecule has 33 heavy (non-hydrogen) atoms. The molecule has 0 spiro atoms. The van der Waals surface area contributed by atoms with Crippen molar-refractivity contribution in [2.75, 3.05) is 18.4 Å². The Morgan fingerprint density at radius 3 is 2.45 bits per heavy atom. The van der Waals surface area contributed by atoms with Crippen LogP contribution in [0, 0.1) is 23.3 Å². The summed E-state index contributed by atoms with van der Waals surface area (Å²) < 4.78 is 58.1. The molecular weight excluding hydrogens is 462 g/mol. The maximum atomic E-state index is 15.0. The van der Waals surface area contributed by atoms with E-state index in [9.17, 15) is 22.4 Å². The molecule has 1 aliphatic rings. The van der Waals surface area contributed by atoms with Crippen LogP contribution in [0.15, 0.2) is 30.3 Å². The van der Waals surface area contributed by atoms with E-state index in [1.807, 2.05) is 0 Å². The average Bonchev–Trinajstić information content (AvgIpc) is 3.15. The van der Waals surface area contributed by atoms with Gasteiger partial charge in [-0.2, -0.15) is 0 Å². The zero-order chi connectivity index (χ0) is 24.1. The van der Waals surface area contributed by atoms with Gasteiger partial charge in [0.2, 0.25) is 5.91 Å². The molecule has 0 saturated heterocycles. The number of carbonyl (C=O) groups excluding carboxylic acids is 1. The Hall–Kier alpha value is -3.11. The number of amides is 1. The van der Waals surface area contributed by atoms with Gasteiger partial charge in [0.1, 0.15) is 28.2 Å². The predicted octanol–water partition coefficient (Wildman–Crippen LogP) is 4.54. The fraction of sp³-hybridized carbons (Fsp3) is 0.273. The topological polar surface area (TPSA) is 76.2 Å². The maximum absolute atomic E-state index is 15.0. The molecule has 0 radical (unpaired) electrons. The first-order valence-electron chi connectivity index (χ1n) is 10.0. The lowest BCUT2D eigenvalue weighted by Gasteiger charge is -2.42. The number of nitrogens with one attached hydrogen (secondary N) is 1. The van der Waals surface area contributed by atoms with Crippen molar-refractivity contribution >= 4 is 29.0 Å². The quantitative estimate of drug-likeness (QED) is 0.326. The molecule has 2 heterocycles. The number of halogens is 5. The van der Waals surface area contributed by atoms with Crippen molar-refractivity contribution in [3.8, 4) is 11.3 Å². The molecule has 0 bridgehead atoms. The second-order valence-corrected chi connectivity index (χ2v) is 8.45. The lowest BCUT2D eigenvalue weighted by Crippen LogP contribution is -2.53. The Kier molecular flexibility index (Phi) is 5.83. The summed E-state index contributed by atoms with van der Waals surface area (Å²) in [5.41, 5.74) is 4.65. The van der Waals surface area contributed by atoms with Crippen LogP contribution in [-0.4, -0.2) is 33.4 Å². The fourth-order valence-corrected chi connectivity index (χ4v) is 4.21. The van der Waals surface area contributed by atoms with Crippen molar-refractivity contribution in [1.82, 2.24) is 14.5 Å². The van der Waals surface area contributed by atoms with Crippen molar-refractivity contribution in [1.29, 1.82) is 0 Å². The highest BCUT2D eigenvalue weighted by atomic mass is 35.5. The summed E-state index contributed by atoms with van der Waals surface area (Å²) >= 11 is 5.68. The maximum Gasteiger partial charge on any atom is 0.237 e. The number of aromatic nitrogens is 2. The summed E-state index contributed by atoms with van der Waals surface area (Å²) in [6.07, 6.45) is 0. The average molecular weight is 482 g/mol. The molecule has 1 aliphatic heterocycles. The predicted molar refractivity (Wildman–Crippen MR) is 116 cm³/mol. The summed E-state index contributed by atoms with van der Waals surface area (Å²) in [5, 5.41) is 2.07. The Morgan fingerprint density at radius 2 is 1.82 bits per heavy atom. The molecular formula is C22H20ClF4N5O. The van der Waals surface area contributed by atoms with Crippen LogP contribution < -0.4 is 11.1 Å². The first-order valence-corrected chi connectivity index (χ1v) is 10.4. The van der Waals surface area contributed by atoms with Gasteiger partial charge in [-0.15, -0.1) is 0 Å². The number of hydrogen-bond donors (Lipinski definition) is 2. The van der Waals surface area contributed by atoms with E-state index in [4.69, 9.17) is 17.3 Å². The van der Waals surface area contributed by atoms with E-state index in [0.717, 1.165) is 0 Å². The number of imidazole rings is 1. The minimum Gasteiger partial charge on any atom is -0.340 e. The van der Waals surface area contributed by atoms with Gasteiger partial charge in [0, 0.05) is 24.3 Å². The number of hydrogen-bond acceptors (Lipinski definition) is 4. The summed E-state index contributed by atoms with van der Waals surface area (Å²) in [5.74, 6) is -4.15. The van der Waals surface area contributed by atoms with E-state index in [-0.39, 0.29) is 42.6 Å². The van der Waals surface area contributed by atoms with Gasteiger partial charge in [-0.05, 0) is 44.2 Å². The summed E-state index contributed by atoms with van der Waals surface area (Å²) in [6, 6.07) is 6.07. The van der Waals surface area contributed by atoms with Crippen molar-refractivity contribution < 1.29 is 22.4 Å². The van der Waals surface area contributed by atoms with Gasteiger partial charge in [0.05, 0.1) is 12.1 Å². The van der Waals surface area contributed by atoms with Gasteiger partial charge in [0.25, 0.3) is 0 Å². The van der Waals surface area contributed by atoms with Crippen molar-refractivity contribution in [2.45, 2.75) is 25.9 Å². The molecule has 4 rings (SSSR count). The Labute approximate surface area is 192 Å². The third-order valence-electron chi connectivity index (χ3n) is 5.68. The first kappa shape index (κ1) is 23.1. The zero-order valence-corrected chi connectivity index (χ0v) is 18.5. The molecule has 11 heteroatoms. The fourth-order valence-electron chi connectivity index (χ4n) is 4.01. The Balaban J connectivity index is 1.94. The van der Waals surface area contributed by atoms with Crippen molar-refractivity contribution in [2.24, 2.45) is 5.73 Å². The molecule has 0 saturated carbocycles. The summed E-state index contributed by atoms with van der Waals surface area (Å²) in [7, 11) is 0. The molecule has 0 aliphatic carbocycles. The van der Waals surface area contributed by atoms with Crippen molar-refractivity contribution in [3.63, 3.8) is 0 Å². The largest absolute Gasteiger partial charge is 0.340 e. The lowest BCUT2D eigenvalue weighted by atomic mass is 9.99. The normalized spacial score (nSPS) is 14.8. The van der Waals surface area contributed by atoms with E-state index in [2.05, 4.69) is 10.3 Å². The third-order valence-corrected chi connectivity index (χ3v) is 6.01. The summed E-state index contributed by atoms with van der Waals surface area (Å²) in [6.45, 7) is 3.84. The number of nitrogens with two attached hydrogens (primary N) is 1. The van der Waals surface area contributed by atoms with Crippen LogP contribution in [0.5, 0.6) is 0 Å². The number of anilines is 2. The van der Waals surface area contributed by atoms with Gasteiger partial charge in [-0.3, -0.25) is 4.79 Å². The molecule has 2 aromatic carbocycles. The highest BCUT2D eigenvalue weighted by Gasteiger charge is 2.41. The molecule has 174 valence electrons. The van der Waals surface area contributed by atoms with Gasteiger partial charge >= 0.3 is 0 Å². The SMILES string of the molecule is CC1(C)c2nc(-c3cc(F)c(F)c(Cl)c3F)c(Nc3ccc(F)cc3)n2CCN1C(=O)CN. The number of benzene rings is 2. The minimum atomic E-state index is -1.50. The highest BCUT2D eigenvalue weighted by molar-refractivity contribution is 6.31. The van der Waals surface area contributed by atoms with Crippen LogP contribution in [0.4, 0.5) is 29.1 Å².